The van der Waals surface area contributed by atoms with E-state index < -0.39 is 10.0 Å². The Balaban J connectivity index is 1.59. The standard InChI is InChI=1S/C17H24N6O4S2/c1-3-21(4-2)15(24)12-18-17(25)22-8-10-23(11-9-22)29(26,27)14-7-5-6-13-16(14)20-28-19-13/h5-7H,3-4,8-12H2,1-2H3,(H,18,25). The van der Waals surface area contributed by atoms with Crippen molar-refractivity contribution in [3.8, 4) is 0 Å². The summed E-state index contributed by atoms with van der Waals surface area (Å²) in [6.07, 6.45) is 0. The van der Waals surface area contributed by atoms with Crippen LogP contribution in [-0.4, -0.2) is 89.0 Å². The number of carbonyl (C=O) groups excluding carboxylic acids is 2. The molecule has 0 saturated carbocycles. The third kappa shape index (κ3) is 4.49. The Labute approximate surface area is 173 Å². The molecule has 0 atom stereocenters. The zero-order valence-corrected chi connectivity index (χ0v) is 18.0. The maximum absolute atomic E-state index is 13.0. The zero-order chi connectivity index (χ0) is 21.0. The van der Waals surface area contributed by atoms with E-state index in [1.807, 2.05) is 13.8 Å². The Morgan fingerprint density at radius 2 is 1.83 bits per heavy atom. The van der Waals surface area contributed by atoms with E-state index in [4.69, 9.17) is 0 Å². The molecule has 0 unspecified atom stereocenters. The average molecular weight is 441 g/mol. The van der Waals surface area contributed by atoms with Gasteiger partial charge < -0.3 is 15.1 Å². The number of urea groups is 1. The van der Waals surface area contributed by atoms with E-state index in [2.05, 4.69) is 14.1 Å². The lowest BCUT2D eigenvalue weighted by Gasteiger charge is -2.34. The average Bonchev–Trinajstić information content (AvgIpc) is 3.21. The molecule has 1 fully saturated rings. The van der Waals surface area contributed by atoms with Crippen molar-refractivity contribution in [3.05, 3.63) is 18.2 Å². The number of amides is 3. The maximum atomic E-state index is 13.0. The summed E-state index contributed by atoms with van der Waals surface area (Å²) < 4.78 is 35.6. The van der Waals surface area contributed by atoms with E-state index in [1.54, 1.807) is 17.0 Å². The summed E-state index contributed by atoms with van der Waals surface area (Å²) in [6, 6.07) is 4.53. The van der Waals surface area contributed by atoms with E-state index in [9.17, 15) is 18.0 Å². The summed E-state index contributed by atoms with van der Waals surface area (Å²) in [4.78, 5) is 27.6. The SMILES string of the molecule is CCN(CC)C(=O)CNC(=O)N1CCN(S(=O)(=O)c2cccc3nsnc23)CC1. The van der Waals surface area contributed by atoms with E-state index in [1.165, 1.54) is 15.3 Å². The van der Waals surface area contributed by atoms with Gasteiger partial charge in [-0.05, 0) is 26.0 Å². The first-order chi connectivity index (χ1) is 13.9. The quantitative estimate of drug-likeness (QED) is 0.702. The monoisotopic (exact) mass is 440 g/mol. The number of nitrogens with one attached hydrogen (secondary N) is 1. The molecule has 1 saturated heterocycles. The fourth-order valence-electron chi connectivity index (χ4n) is 3.21. The van der Waals surface area contributed by atoms with Gasteiger partial charge in [-0.1, -0.05) is 6.07 Å². The lowest BCUT2D eigenvalue weighted by molar-refractivity contribution is -0.129. The second-order valence-corrected chi connectivity index (χ2v) is 8.94. The molecule has 0 radical (unpaired) electrons. The molecule has 2 heterocycles. The van der Waals surface area contributed by atoms with Crippen LogP contribution < -0.4 is 5.32 Å². The summed E-state index contributed by atoms with van der Waals surface area (Å²) >= 11 is 0.972. The number of aromatic nitrogens is 2. The fourth-order valence-corrected chi connectivity index (χ4v) is 5.39. The zero-order valence-electron chi connectivity index (χ0n) is 16.4. The summed E-state index contributed by atoms with van der Waals surface area (Å²) in [5.41, 5.74) is 0.916. The minimum absolute atomic E-state index is 0.0716. The Kier molecular flexibility index (Phi) is 6.65. The van der Waals surface area contributed by atoms with Gasteiger partial charge in [0.1, 0.15) is 15.9 Å². The van der Waals surface area contributed by atoms with Crippen LogP contribution in [0.25, 0.3) is 11.0 Å². The largest absolute Gasteiger partial charge is 0.342 e. The number of likely N-dealkylation sites (N-methyl/N-ethyl adjacent to an activating group) is 1. The van der Waals surface area contributed by atoms with Crippen molar-refractivity contribution >= 4 is 44.7 Å². The fraction of sp³-hybridized carbons (Fsp3) is 0.529. The molecule has 12 heteroatoms. The van der Waals surface area contributed by atoms with Gasteiger partial charge >= 0.3 is 6.03 Å². The third-order valence-corrected chi connectivity index (χ3v) is 7.37. The number of hydrogen-bond acceptors (Lipinski definition) is 7. The van der Waals surface area contributed by atoms with Gasteiger partial charge in [0.25, 0.3) is 0 Å². The van der Waals surface area contributed by atoms with Crippen LogP contribution in [0.1, 0.15) is 13.8 Å². The van der Waals surface area contributed by atoms with Crippen molar-refractivity contribution in [2.45, 2.75) is 18.7 Å². The number of benzene rings is 1. The molecule has 2 aromatic rings. The highest BCUT2D eigenvalue weighted by Gasteiger charge is 2.32. The molecule has 1 aromatic heterocycles. The molecule has 3 amide bonds. The molecule has 10 nitrogen and oxygen atoms in total. The predicted molar refractivity (Wildman–Crippen MR) is 109 cm³/mol. The van der Waals surface area contributed by atoms with Gasteiger partial charge in [0.2, 0.25) is 15.9 Å². The molecule has 0 aliphatic carbocycles. The molecule has 1 N–H and O–H groups in total. The van der Waals surface area contributed by atoms with Crippen LogP contribution in [-0.2, 0) is 14.8 Å². The summed E-state index contributed by atoms with van der Waals surface area (Å²) in [6.45, 7) is 5.70. The van der Waals surface area contributed by atoms with Crippen molar-refractivity contribution in [2.24, 2.45) is 0 Å². The van der Waals surface area contributed by atoms with Crippen molar-refractivity contribution in [2.75, 3.05) is 45.8 Å². The minimum Gasteiger partial charge on any atom is -0.342 e. The Hall–Kier alpha value is -2.31. The predicted octanol–water partition coefficient (Wildman–Crippen LogP) is 0.576. The Morgan fingerprint density at radius 1 is 1.14 bits per heavy atom. The van der Waals surface area contributed by atoms with Gasteiger partial charge in [-0.3, -0.25) is 4.79 Å². The highest BCUT2D eigenvalue weighted by molar-refractivity contribution is 7.89. The Bertz CT molecular complexity index is 981. The topological polar surface area (TPSA) is 116 Å². The van der Waals surface area contributed by atoms with Gasteiger partial charge in [-0.2, -0.15) is 13.1 Å². The highest BCUT2D eigenvalue weighted by Crippen LogP contribution is 2.25. The second-order valence-electron chi connectivity index (χ2n) is 6.50. The minimum atomic E-state index is -3.73. The van der Waals surface area contributed by atoms with Crippen LogP contribution in [0.15, 0.2) is 23.1 Å². The first kappa shape index (κ1) is 21.4. The van der Waals surface area contributed by atoms with Crippen molar-refractivity contribution in [1.29, 1.82) is 0 Å². The Morgan fingerprint density at radius 3 is 2.48 bits per heavy atom. The molecule has 158 valence electrons. The van der Waals surface area contributed by atoms with Gasteiger partial charge in [0.15, 0.2) is 0 Å². The molecule has 1 aliphatic heterocycles. The van der Waals surface area contributed by atoms with Crippen molar-refractivity contribution in [1.82, 2.24) is 28.2 Å². The number of sulfonamides is 1. The van der Waals surface area contributed by atoms with Crippen LogP contribution in [0.3, 0.4) is 0 Å². The second kappa shape index (κ2) is 9.01. The van der Waals surface area contributed by atoms with Crippen LogP contribution in [0.2, 0.25) is 0 Å². The van der Waals surface area contributed by atoms with Crippen LogP contribution in [0.4, 0.5) is 4.79 Å². The molecule has 0 spiro atoms. The summed E-state index contributed by atoms with van der Waals surface area (Å²) in [5.74, 6) is -0.144. The maximum Gasteiger partial charge on any atom is 0.317 e. The van der Waals surface area contributed by atoms with Crippen molar-refractivity contribution in [3.63, 3.8) is 0 Å². The molecule has 1 aliphatic rings. The van der Waals surface area contributed by atoms with Gasteiger partial charge in [-0.15, -0.1) is 0 Å². The van der Waals surface area contributed by atoms with Crippen molar-refractivity contribution < 1.29 is 18.0 Å². The first-order valence-corrected chi connectivity index (χ1v) is 11.6. The molecule has 29 heavy (non-hydrogen) atoms. The lowest BCUT2D eigenvalue weighted by Crippen LogP contribution is -2.54. The molecule has 1 aromatic carbocycles. The number of carbonyl (C=O) groups is 2. The van der Waals surface area contributed by atoms with Gasteiger partial charge in [0.05, 0.1) is 18.3 Å². The van der Waals surface area contributed by atoms with Gasteiger partial charge in [-0.25, -0.2) is 13.2 Å². The molecular weight excluding hydrogens is 416 g/mol. The third-order valence-electron chi connectivity index (χ3n) is 4.90. The first-order valence-electron chi connectivity index (χ1n) is 9.40. The lowest BCUT2D eigenvalue weighted by atomic mass is 10.3. The van der Waals surface area contributed by atoms with E-state index in [0.29, 0.717) is 24.1 Å². The highest BCUT2D eigenvalue weighted by atomic mass is 32.2. The van der Waals surface area contributed by atoms with Crippen LogP contribution >= 0.6 is 11.7 Å². The molecule has 3 rings (SSSR count). The number of piperazine rings is 1. The van der Waals surface area contributed by atoms with Gasteiger partial charge in [0, 0.05) is 39.3 Å². The molecule has 0 bridgehead atoms. The normalized spacial score (nSPS) is 15.4. The van der Waals surface area contributed by atoms with E-state index in [-0.39, 0.29) is 49.6 Å². The van der Waals surface area contributed by atoms with Crippen LogP contribution in [0.5, 0.6) is 0 Å². The van der Waals surface area contributed by atoms with E-state index >= 15 is 0 Å². The number of nitrogens with zero attached hydrogens (tertiary/aromatic N) is 5. The van der Waals surface area contributed by atoms with Crippen LogP contribution in [0, 0.1) is 0 Å². The smallest absolute Gasteiger partial charge is 0.317 e. The number of hydrogen-bond donors (Lipinski definition) is 1. The summed E-state index contributed by atoms with van der Waals surface area (Å²) in [7, 11) is -3.73. The summed E-state index contributed by atoms with van der Waals surface area (Å²) in [5, 5.41) is 2.62. The van der Waals surface area contributed by atoms with E-state index in [0.717, 1.165) is 11.7 Å². The number of fused-ring (bicyclic) bond motifs is 1. The number of rotatable bonds is 6. The molecular formula is C17H24N6O4S2.